The van der Waals surface area contributed by atoms with Gasteiger partial charge in [0.2, 0.25) is 6.43 Å². The lowest BCUT2D eigenvalue weighted by Gasteiger charge is -2.37. The number of benzene rings is 2. The van der Waals surface area contributed by atoms with Gasteiger partial charge in [0.1, 0.15) is 10.6 Å². The Bertz CT molecular complexity index is 1260. The lowest BCUT2D eigenvalue weighted by Crippen LogP contribution is -2.54. The minimum absolute atomic E-state index is 0.0979. The van der Waals surface area contributed by atoms with Crippen molar-refractivity contribution >= 4 is 47.2 Å². The Morgan fingerprint density at radius 3 is 2.34 bits per heavy atom. The molecule has 2 aromatic carbocycles. The van der Waals surface area contributed by atoms with E-state index in [9.17, 15) is 17.2 Å². The molecule has 1 aromatic heterocycles. The van der Waals surface area contributed by atoms with Gasteiger partial charge in [0.05, 0.1) is 11.3 Å². The molecule has 0 saturated heterocycles. The van der Waals surface area contributed by atoms with Crippen molar-refractivity contribution in [3.63, 3.8) is 0 Å². The third kappa shape index (κ3) is 3.22. The maximum Gasteiger partial charge on any atom is 0.242 e. The molecule has 0 aliphatic carbocycles. The van der Waals surface area contributed by atoms with Gasteiger partial charge in [-0.3, -0.25) is 4.99 Å². The first-order valence-corrected chi connectivity index (χ1v) is 11.7. The van der Waals surface area contributed by atoms with Gasteiger partial charge in [-0.05, 0) is 56.2 Å². The smallest absolute Gasteiger partial charge is 0.242 e. The van der Waals surface area contributed by atoms with Gasteiger partial charge in [-0.1, -0.05) is 12.1 Å². The van der Waals surface area contributed by atoms with Crippen LogP contribution in [-0.2, 0) is 21.8 Å². The average molecular weight is 437 g/mol. The molecule has 154 valence electrons. The van der Waals surface area contributed by atoms with Crippen LogP contribution in [0, 0.1) is 0 Å². The summed E-state index contributed by atoms with van der Waals surface area (Å²) in [5.74, 6) is -0.0431. The summed E-state index contributed by atoms with van der Waals surface area (Å²) in [6, 6.07) is 11.1. The molecule has 3 aromatic rings. The highest BCUT2D eigenvalue weighted by molar-refractivity contribution is 7.93. The van der Waals surface area contributed by atoms with Crippen LogP contribution < -0.4 is 5.73 Å². The van der Waals surface area contributed by atoms with E-state index in [2.05, 4.69) is 4.99 Å². The Kier molecular flexibility index (Phi) is 4.51. The predicted octanol–water partition coefficient (Wildman–Crippen LogP) is 4.64. The molecule has 2 N–H and O–H groups in total. The normalized spacial score (nSPS) is 23.6. The standard InChI is InChI=1S/C21H22F2N2O2S2/c1-20(2)19(24)25-21(3,11-29(20,26)27)13-5-7-17-15(10-13)14-8-12(9-18(22)23)4-6-16(14)28-17/h4-8,10,18H,9,11H2,1-3H3,(H2,24,25)/t21-/m0/s1. The Morgan fingerprint density at radius 2 is 1.72 bits per heavy atom. The van der Waals surface area contributed by atoms with Crippen LogP contribution in [0.15, 0.2) is 41.4 Å². The Morgan fingerprint density at radius 1 is 1.10 bits per heavy atom. The second-order valence-corrected chi connectivity index (χ2v) is 11.9. The minimum Gasteiger partial charge on any atom is -0.386 e. The van der Waals surface area contributed by atoms with Crippen molar-refractivity contribution in [3.8, 4) is 0 Å². The van der Waals surface area contributed by atoms with E-state index in [1.807, 2.05) is 24.3 Å². The molecule has 0 unspecified atom stereocenters. The van der Waals surface area contributed by atoms with E-state index >= 15 is 0 Å². The molecule has 0 fully saturated rings. The zero-order valence-corrected chi connectivity index (χ0v) is 18.0. The first kappa shape index (κ1) is 20.2. The van der Waals surface area contributed by atoms with Crippen LogP contribution >= 0.6 is 11.3 Å². The summed E-state index contributed by atoms with van der Waals surface area (Å²) < 4.78 is 52.1. The van der Waals surface area contributed by atoms with Crippen LogP contribution in [-0.4, -0.2) is 31.2 Å². The molecule has 8 heteroatoms. The van der Waals surface area contributed by atoms with Crippen LogP contribution in [0.25, 0.3) is 20.2 Å². The summed E-state index contributed by atoms with van der Waals surface area (Å²) in [5, 5.41) is 1.81. The van der Waals surface area contributed by atoms with E-state index < -0.39 is 26.5 Å². The van der Waals surface area contributed by atoms with Crippen molar-refractivity contribution in [2.75, 3.05) is 5.75 Å². The van der Waals surface area contributed by atoms with Crippen molar-refractivity contribution in [3.05, 3.63) is 47.5 Å². The maximum atomic E-state index is 12.8. The van der Waals surface area contributed by atoms with Crippen LogP contribution in [0.4, 0.5) is 8.78 Å². The number of aliphatic imine (C=N–C) groups is 1. The number of nitrogens with two attached hydrogens (primary N) is 1. The van der Waals surface area contributed by atoms with Crippen molar-refractivity contribution in [2.24, 2.45) is 10.7 Å². The Balaban J connectivity index is 1.89. The third-order valence-corrected chi connectivity index (χ3v) is 9.64. The fourth-order valence-corrected chi connectivity index (χ4v) is 6.52. The van der Waals surface area contributed by atoms with Crippen molar-refractivity contribution in [2.45, 2.75) is 43.9 Å². The quantitative estimate of drug-likeness (QED) is 0.650. The lowest BCUT2D eigenvalue weighted by atomic mass is 9.92. The van der Waals surface area contributed by atoms with Gasteiger partial charge >= 0.3 is 0 Å². The number of thiophene rings is 1. The molecule has 0 radical (unpaired) electrons. The molecule has 4 nitrogen and oxygen atoms in total. The second-order valence-electron chi connectivity index (χ2n) is 8.28. The van der Waals surface area contributed by atoms with Crippen LogP contribution in [0.2, 0.25) is 0 Å². The first-order chi connectivity index (χ1) is 13.4. The summed E-state index contributed by atoms with van der Waals surface area (Å²) >= 11 is 1.58. The SMILES string of the molecule is CC1(C)C(N)=N[C@](C)(c2ccc3sc4ccc(CC(F)F)cc4c3c2)CS1(=O)=O. The van der Waals surface area contributed by atoms with Crippen molar-refractivity contribution in [1.82, 2.24) is 0 Å². The molecular weight excluding hydrogens is 414 g/mol. The number of hydrogen-bond acceptors (Lipinski definition) is 5. The molecule has 0 bridgehead atoms. The van der Waals surface area contributed by atoms with Crippen LogP contribution in [0.1, 0.15) is 31.9 Å². The highest BCUT2D eigenvalue weighted by atomic mass is 32.2. The van der Waals surface area contributed by atoms with Gasteiger partial charge in [-0.2, -0.15) is 0 Å². The molecule has 1 aliphatic rings. The number of sulfone groups is 1. The Hall–Kier alpha value is -2.06. The number of nitrogens with zero attached hydrogens (tertiary/aromatic N) is 1. The van der Waals surface area contributed by atoms with E-state index in [1.54, 1.807) is 44.2 Å². The minimum atomic E-state index is -3.51. The highest BCUT2D eigenvalue weighted by Crippen LogP contribution is 2.41. The zero-order valence-electron chi connectivity index (χ0n) is 16.4. The second kappa shape index (κ2) is 6.47. The molecule has 0 saturated carbocycles. The summed E-state index contributed by atoms with van der Waals surface area (Å²) in [4.78, 5) is 4.58. The van der Waals surface area contributed by atoms with E-state index in [-0.39, 0.29) is 18.0 Å². The third-order valence-electron chi connectivity index (χ3n) is 5.78. The number of hydrogen-bond donors (Lipinski definition) is 1. The first-order valence-electron chi connectivity index (χ1n) is 9.25. The van der Waals surface area contributed by atoms with Gasteiger partial charge < -0.3 is 5.73 Å². The molecule has 1 aliphatic heterocycles. The highest BCUT2D eigenvalue weighted by Gasteiger charge is 2.48. The molecular formula is C21H22F2N2O2S2. The molecule has 4 rings (SSSR count). The monoisotopic (exact) mass is 436 g/mol. The lowest BCUT2D eigenvalue weighted by molar-refractivity contribution is 0.149. The van der Waals surface area contributed by atoms with E-state index in [0.29, 0.717) is 5.56 Å². The molecule has 0 spiro atoms. The molecule has 1 atom stereocenters. The summed E-state index contributed by atoms with van der Waals surface area (Å²) in [7, 11) is -3.51. The summed E-state index contributed by atoms with van der Waals surface area (Å²) in [6.07, 6.45) is -2.70. The van der Waals surface area contributed by atoms with Crippen LogP contribution in [0.5, 0.6) is 0 Å². The number of halogens is 2. The average Bonchev–Trinajstić information content (AvgIpc) is 2.96. The van der Waals surface area contributed by atoms with E-state index in [4.69, 9.17) is 5.73 Å². The van der Waals surface area contributed by atoms with Gasteiger partial charge in [-0.25, -0.2) is 17.2 Å². The molecule has 0 amide bonds. The fraction of sp³-hybridized carbons (Fsp3) is 0.381. The zero-order chi connectivity index (χ0) is 21.2. The predicted molar refractivity (Wildman–Crippen MR) is 116 cm³/mol. The van der Waals surface area contributed by atoms with Crippen LogP contribution in [0.3, 0.4) is 0 Å². The van der Waals surface area contributed by atoms with Gasteiger partial charge in [0.15, 0.2) is 9.84 Å². The molecule has 2 heterocycles. The summed E-state index contributed by atoms with van der Waals surface area (Å²) in [6.45, 7) is 4.91. The van der Waals surface area contributed by atoms with E-state index in [0.717, 1.165) is 25.7 Å². The molecule has 29 heavy (non-hydrogen) atoms. The van der Waals surface area contributed by atoms with Gasteiger partial charge in [0, 0.05) is 26.6 Å². The summed E-state index contributed by atoms with van der Waals surface area (Å²) in [5.41, 5.74) is 6.37. The number of fused-ring (bicyclic) bond motifs is 3. The topological polar surface area (TPSA) is 72.5 Å². The van der Waals surface area contributed by atoms with E-state index in [1.165, 1.54) is 0 Å². The number of alkyl halides is 2. The van der Waals surface area contributed by atoms with Gasteiger partial charge in [0.25, 0.3) is 0 Å². The van der Waals surface area contributed by atoms with Crippen molar-refractivity contribution < 1.29 is 17.2 Å². The van der Waals surface area contributed by atoms with Crippen molar-refractivity contribution in [1.29, 1.82) is 0 Å². The maximum absolute atomic E-state index is 12.8. The number of amidine groups is 1. The Labute approximate surface area is 172 Å². The fourth-order valence-electron chi connectivity index (χ4n) is 3.76. The number of rotatable bonds is 3. The van der Waals surface area contributed by atoms with Gasteiger partial charge in [-0.15, -0.1) is 11.3 Å². The largest absolute Gasteiger partial charge is 0.386 e.